The van der Waals surface area contributed by atoms with E-state index in [0.717, 1.165) is 0 Å². The molecule has 20 heavy (non-hydrogen) atoms. The number of hydrogen-bond donors (Lipinski definition) is 1. The summed E-state index contributed by atoms with van der Waals surface area (Å²) in [5.74, 6) is -0.318. The molecule has 0 spiro atoms. The Morgan fingerprint density at radius 2 is 2.00 bits per heavy atom. The minimum absolute atomic E-state index is 0.318. The molecule has 0 bridgehead atoms. The number of methoxy groups -OCH3 is 1. The van der Waals surface area contributed by atoms with Gasteiger partial charge in [0.25, 0.3) is 0 Å². The van der Waals surface area contributed by atoms with E-state index in [4.69, 9.17) is 0 Å². The first-order chi connectivity index (χ1) is 9.58. The predicted octanol–water partition coefficient (Wildman–Crippen LogP) is 2.36. The summed E-state index contributed by atoms with van der Waals surface area (Å²) in [6.07, 6.45) is 0.615. The van der Waals surface area contributed by atoms with E-state index in [-0.39, 0.29) is 11.9 Å². The number of anilines is 1. The van der Waals surface area contributed by atoms with Gasteiger partial charge in [-0.25, -0.2) is 9.18 Å². The lowest BCUT2D eigenvalue weighted by atomic mass is 9.88. The Bertz CT molecular complexity index is 516. The molecule has 5 nitrogen and oxygen atoms in total. The number of nitriles is 1. The van der Waals surface area contributed by atoms with Crippen LogP contribution in [0.2, 0.25) is 0 Å². The number of nitrogens with one attached hydrogen (secondary N) is 1. The zero-order chi connectivity index (χ0) is 14.6. The van der Waals surface area contributed by atoms with Gasteiger partial charge in [-0.1, -0.05) is 0 Å². The Morgan fingerprint density at radius 3 is 2.50 bits per heavy atom. The highest BCUT2D eigenvalue weighted by molar-refractivity contribution is 5.67. The highest BCUT2D eigenvalue weighted by Crippen LogP contribution is 2.27. The number of hydrogen-bond acceptors (Lipinski definition) is 4. The van der Waals surface area contributed by atoms with Gasteiger partial charge in [0.05, 0.1) is 13.2 Å². The van der Waals surface area contributed by atoms with E-state index in [1.54, 1.807) is 17.0 Å². The second kappa shape index (κ2) is 5.78. The standard InChI is InChI=1S/C14H16FN3O2/c1-20-13(19)18-8-6-14(10-16,7-9-18)17-12-4-2-11(15)3-5-12/h2-5,17H,6-9H2,1H3. The van der Waals surface area contributed by atoms with Gasteiger partial charge in [-0.15, -0.1) is 0 Å². The third kappa shape index (κ3) is 2.99. The van der Waals surface area contributed by atoms with Gasteiger partial charge in [-0.05, 0) is 24.3 Å². The van der Waals surface area contributed by atoms with Crippen LogP contribution in [0, 0.1) is 17.1 Å². The largest absolute Gasteiger partial charge is 0.453 e. The van der Waals surface area contributed by atoms with Gasteiger partial charge in [-0.3, -0.25) is 0 Å². The van der Waals surface area contributed by atoms with Gasteiger partial charge in [0, 0.05) is 31.6 Å². The highest BCUT2D eigenvalue weighted by Gasteiger charge is 2.36. The van der Waals surface area contributed by atoms with E-state index in [0.29, 0.717) is 31.6 Å². The van der Waals surface area contributed by atoms with Crippen molar-refractivity contribution in [3.63, 3.8) is 0 Å². The molecule has 1 aliphatic heterocycles. The lowest BCUT2D eigenvalue weighted by molar-refractivity contribution is 0.109. The molecule has 1 aromatic rings. The average Bonchev–Trinajstić information content (AvgIpc) is 2.49. The van der Waals surface area contributed by atoms with E-state index in [9.17, 15) is 14.4 Å². The van der Waals surface area contributed by atoms with E-state index < -0.39 is 5.54 Å². The van der Waals surface area contributed by atoms with Crippen LogP contribution < -0.4 is 5.32 Å². The van der Waals surface area contributed by atoms with Crippen molar-refractivity contribution >= 4 is 11.8 Å². The van der Waals surface area contributed by atoms with Gasteiger partial charge >= 0.3 is 6.09 Å². The van der Waals surface area contributed by atoms with Crippen LogP contribution >= 0.6 is 0 Å². The summed E-state index contributed by atoms with van der Waals surface area (Å²) in [7, 11) is 1.34. The van der Waals surface area contributed by atoms with Crippen LogP contribution in [0.5, 0.6) is 0 Å². The van der Waals surface area contributed by atoms with Crippen molar-refractivity contribution in [1.29, 1.82) is 5.26 Å². The third-order valence-corrected chi connectivity index (χ3v) is 3.49. The lowest BCUT2D eigenvalue weighted by Crippen LogP contribution is -2.50. The SMILES string of the molecule is COC(=O)N1CCC(C#N)(Nc2ccc(F)cc2)CC1. The molecule has 0 radical (unpaired) electrons. The van der Waals surface area contributed by atoms with Gasteiger partial charge in [0.15, 0.2) is 0 Å². The maximum atomic E-state index is 12.9. The number of amides is 1. The molecule has 1 aliphatic rings. The second-order valence-corrected chi connectivity index (χ2v) is 4.78. The van der Waals surface area contributed by atoms with Gasteiger partial charge in [-0.2, -0.15) is 5.26 Å². The number of halogens is 1. The molecule has 0 atom stereocenters. The summed E-state index contributed by atoms with van der Waals surface area (Å²) in [6, 6.07) is 8.16. The van der Waals surface area contributed by atoms with E-state index in [1.165, 1.54) is 19.2 Å². The fourth-order valence-corrected chi connectivity index (χ4v) is 2.27. The smallest absolute Gasteiger partial charge is 0.409 e. The Morgan fingerprint density at radius 1 is 1.40 bits per heavy atom. The minimum Gasteiger partial charge on any atom is -0.453 e. The van der Waals surface area contributed by atoms with Crippen molar-refractivity contribution in [2.24, 2.45) is 0 Å². The number of benzene rings is 1. The zero-order valence-electron chi connectivity index (χ0n) is 11.2. The Balaban J connectivity index is 2.04. The number of carbonyl (C=O) groups excluding carboxylic acids is 1. The topological polar surface area (TPSA) is 65.4 Å². The molecule has 1 N–H and O–H groups in total. The molecular weight excluding hydrogens is 261 g/mol. The van der Waals surface area contributed by atoms with Crippen LogP contribution in [0.25, 0.3) is 0 Å². The second-order valence-electron chi connectivity index (χ2n) is 4.78. The first-order valence-electron chi connectivity index (χ1n) is 6.36. The van der Waals surface area contributed by atoms with Crippen LogP contribution in [0.3, 0.4) is 0 Å². The molecule has 2 rings (SSSR count). The molecule has 6 heteroatoms. The molecule has 1 amide bonds. The monoisotopic (exact) mass is 277 g/mol. The van der Waals surface area contributed by atoms with Gasteiger partial charge in [0.2, 0.25) is 0 Å². The summed E-state index contributed by atoms with van der Waals surface area (Å²) in [4.78, 5) is 13.0. The highest BCUT2D eigenvalue weighted by atomic mass is 19.1. The molecule has 1 aromatic carbocycles. The number of carbonyl (C=O) groups is 1. The molecule has 0 aromatic heterocycles. The summed E-state index contributed by atoms with van der Waals surface area (Å²) in [5.41, 5.74) is -0.0398. The number of rotatable bonds is 2. The van der Waals surface area contributed by atoms with E-state index >= 15 is 0 Å². The van der Waals surface area contributed by atoms with E-state index in [2.05, 4.69) is 16.1 Å². The minimum atomic E-state index is -0.734. The Labute approximate surface area is 116 Å². The summed E-state index contributed by atoms with van der Waals surface area (Å²) in [6.45, 7) is 0.906. The quantitative estimate of drug-likeness (QED) is 0.901. The number of likely N-dealkylation sites (tertiary alicyclic amines) is 1. The van der Waals surface area contributed by atoms with Crippen molar-refractivity contribution in [3.8, 4) is 6.07 Å². The Kier molecular flexibility index (Phi) is 4.08. The van der Waals surface area contributed by atoms with Crippen molar-refractivity contribution in [2.75, 3.05) is 25.5 Å². The van der Waals surface area contributed by atoms with Crippen molar-refractivity contribution in [2.45, 2.75) is 18.4 Å². The summed E-state index contributed by atoms with van der Waals surface area (Å²) < 4.78 is 17.5. The van der Waals surface area contributed by atoms with Crippen LogP contribution in [0.1, 0.15) is 12.8 Å². The Hall–Kier alpha value is -2.29. The third-order valence-electron chi connectivity index (χ3n) is 3.49. The summed E-state index contributed by atoms with van der Waals surface area (Å²) >= 11 is 0. The first-order valence-corrected chi connectivity index (χ1v) is 6.36. The number of ether oxygens (including phenoxy) is 1. The number of piperidine rings is 1. The van der Waals surface area contributed by atoms with Gasteiger partial charge in [0.1, 0.15) is 11.4 Å². The molecule has 0 saturated carbocycles. The van der Waals surface area contributed by atoms with Crippen LogP contribution in [0.15, 0.2) is 24.3 Å². The molecule has 0 aliphatic carbocycles. The summed E-state index contributed by atoms with van der Waals surface area (Å²) in [5, 5.41) is 12.6. The molecule has 1 fully saturated rings. The predicted molar refractivity (Wildman–Crippen MR) is 71.6 cm³/mol. The fourth-order valence-electron chi connectivity index (χ4n) is 2.27. The average molecular weight is 277 g/mol. The maximum absolute atomic E-state index is 12.9. The molecule has 0 unspecified atom stereocenters. The molecule has 1 heterocycles. The normalized spacial score (nSPS) is 17.1. The number of nitrogens with zero attached hydrogens (tertiary/aromatic N) is 2. The first kappa shape index (κ1) is 14.1. The van der Waals surface area contributed by atoms with Crippen LogP contribution in [-0.4, -0.2) is 36.7 Å². The van der Waals surface area contributed by atoms with Crippen LogP contribution in [0.4, 0.5) is 14.9 Å². The van der Waals surface area contributed by atoms with Crippen LogP contribution in [-0.2, 0) is 4.74 Å². The van der Waals surface area contributed by atoms with E-state index in [1.807, 2.05) is 0 Å². The molecule has 1 saturated heterocycles. The zero-order valence-corrected chi connectivity index (χ0v) is 11.2. The molecule has 106 valence electrons. The van der Waals surface area contributed by atoms with Crippen molar-refractivity contribution in [1.82, 2.24) is 4.90 Å². The van der Waals surface area contributed by atoms with Gasteiger partial charge < -0.3 is 15.0 Å². The van der Waals surface area contributed by atoms with Crippen molar-refractivity contribution in [3.05, 3.63) is 30.1 Å². The van der Waals surface area contributed by atoms with Crippen molar-refractivity contribution < 1.29 is 13.9 Å². The molecular formula is C14H16FN3O2. The lowest BCUT2D eigenvalue weighted by Gasteiger charge is -2.37. The maximum Gasteiger partial charge on any atom is 0.409 e. The fraction of sp³-hybridized carbons (Fsp3) is 0.429.